The van der Waals surface area contributed by atoms with Gasteiger partial charge in [0.1, 0.15) is 15.9 Å². The molecule has 0 radical (unpaired) electrons. The number of carbonyl (C=O) groups is 3. The van der Waals surface area contributed by atoms with Crippen LogP contribution in [0.3, 0.4) is 0 Å². The van der Waals surface area contributed by atoms with E-state index < -0.39 is 46.1 Å². The van der Waals surface area contributed by atoms with Crippen molar-refractivity contribution in [2.45, 2.75) is 24.9 Å². The van der Waals surface area contributed by atoms with Crippen LogP contribution in [0.25, 0.3) is 0 Å². The van der Waals surface area contributed by atoms with Crippen molar-refractivity contribution in [3.05, 3.63) is 0 Å². The maximum absolute atomic E-state index is 12.2. The molecule has 1 aliphatic rings. The molecule has 1 fully saturated rings. The number of nitrogens with one attached hydrogen (secondary N) is 1. The number of carboxylic acids is 1. The van der Waals surface area contributed by atoms with Crippen LogP contribution in [0.2, 0.25) is 0 Å². The second-order valence-electron chi connectivity index (χ2n) is 4.96. The summed E-state index contributed by atoms with van der Waals surface area (Å²) in [4.78, 5) is 35.8. The van der Waals surface area contributed by atoms with Crippen LogP contribution in [0.4, 0.5) is 0 Å². The van der Waals surface area contributed by atoms with Crippen molar-refractivity contribution in [1.82, 2.24) is 10.2 Å². The maximum Gasteiger partial charge on any atom is 0.305 e. The number of rotatable bonds is 6. The smallest absolute Gasteiger partial charge is 0.305 e. The molecule has 10 heteroatoms. The van der Waals surface area contributed by atoms with Crippen molar-refractivity contribution in [3.8, 4) is 0 Å². The first kappa shape index (κ1) is 17.4. The SMILES string of the molecule is CS(=O)(=O)CCC(N)C(=O)N1CCNC(=O)C1CC(=O)O. The summed E-state index contributed by atoms with van der Waals surface area (Å²) in [7, 11) is -3.25. The number of carboxylic acid groups (broad SMARTS) is 1. The third-order valence-electron chi connectivity index (χ3n) is 3.10. The molecule has 0 spiro atoms. The van der Waals surface area contributed by atoms with Gasteiger partial charge in [-0.1, -0.05) is 0 Å². The summed E-state index contributed by atoms with van der Waals surface area (Å²) >= 11 is 0. The molecule has 1 aliphatic heterocycles. The second-order valence-corrected chi connectivity index (χ2v) is 7.22. The summed E-state index contributed by atoms with van der Waals surface area (Å²) in [6.45, 7) is 0.356. The minimum atomic E-state index is -3.25. The summed E-state index contributed by atoms with van der Waals surface area (Å²) in [6.07, 6.45) is 0.442. The highest BCUT2D eigenvalue weighted by molar-refractivity contribution is 7.90. The molecule has 0 aromatic carbocycles. The minimum absolute atomic E-state index is 0.0738. The maximum atomic E-state index is 12.2. The van der Waals surface area contributed by atoms with Crippen molar-refractivity contribution in [2.75, 3.05) is 25.1 Å². The van der Waals surface area contributed by atoms with E-state index >= 15 is 0 Å². The molecule has 2 unspecified atom stereocenters. The minimum Gasteiger partial charge on any atom is -0.481 e. The number of nitrogens with two attached hydrogens (primary N) is 1. The normalized spacial score (nSPS) is 20.8. The zero-order valence-corrected chi connectivity index (χ0v) is 12.4. The average molecular weight is 321 g/mol. The molecular weight excluding hydrogens is 302 g/mol. The van der Waals surface area contributed by atoms with Crippen LogP contribution >= 0.6 is 0 Å². The Balaban J connectivity index is 2.76. The van der Waals surface area contributed by atoms with Gasteiger partial charge in [-0.2, -0.15) is 0 Å². The van der Waals surface area contributed by atoms with Crippen molar-refractivity contribution in [2.24, 2.45) is 5.73 Å². The highest BCUT2D eigenvalue weighted by Gasteiger charge is 2.36. The van der Waals surface area contributed by atoms with Crippen LogP contribution in [0.15, 0.2) is 0 Å². The summed E-state index contributed by atoms with van der Waals surface area (Å²) in [5.74, 6) is -2.62. The van der Waals surface area contributed by atoms with E-state index in [1.807, 2.05) is 0 Å². The van der Waals surface area contributed by atoms with E-state index in [0.717, 1.165) is 11.2 Å². The van der Waals surface area contributed by atoms with Crippen LogP contribution in [0.5, 0.6) is 0 Å². The summed E-state index contributed by atoms with van der Waals surface area (Å²) in [5, 5.41) is 11.3. The predicted molar refractivity (Wildman–Crippen MR) is 73.1 cm³/mol. The third kappa shape index (κ3) is 5.31. The van der Waals surface area contributed by atoms with Crippen molar-refractivity contribution < 1.29 is 27.9 Å². The fraction of sp³-hybridized carbons (Fsp3) is 0.727. The van der Waals surface area contributed by atoms with E-state index in [-0.39, 0.29) is 25.3 Å². The van der Waals surface area contributed by atoms with Gasteiger partial charge in [0, 0.05) is 19.3 Å². The van der Waals surface area contributed by atoms with Gasteiger partial charge in [0.25, 0.3) is 0 Å². The molecule has 2 atom stereocenters. The van der Waals surface area contributed by atoms with Crippen molar-refractivity contribution >= 4 is 27.6 Å². The topological polar surface area (TPSA) is 147 Å². The van der Waals surface area contributed by atoms with Crippen LogP contribution in [-0.4, -0.2) is 73.4 Å². The van der Waals surface area contributed by atoms with Gasteiger partial charge < -0.3 is 21.1 Å². The molecule has 1 rings (SSSR count). The number of aliphatic carboxylic acids is 1. The quantitative estimate of drug-likeness (QED) is 0.492. The molecule has 9 nitrogen and oxygen atoms in total. The number of hydrogen-bond donors (Lipinski definition) is 3. The van der Waals surface area contributed by atoms with Gasteiger partial charge >= 0.3 is 5.97 Å². The number of amides is 2. The lowest BCUT2D eigenvalue weighted by molar-refractivity contribution is -0.149. The van der Waals surface area contributed by atoms with Gasteiger partial charge in [-0.3, -0.25) is 14.4 Å². The van der Waals surface area contributed by atoms with Crippen LogP contribution in [0, 0.1) is 0 Å². The molecule has 0 aromatic rings. The molecule has 2 amide bonds. The lowest BCUT2D eigenvalue weighted by Gasteiger charge is -2.35. The zero-order chi connectivity index (χ0) is 16.2. The highest BCUT2D eigenvalue weighted by atomic mass is 32.2. The summed E-state index contributed by atoms with van der Waals surface area (Å²) < 4.78 is 22.1. The molecule has 21 heavy (non-hydrogen) atoms. The van der Waals surface area contributed by atoms with E-state index in [0.29, 0.717) is 0 Å². The fourth-order valence-electron chi connectivity index (χ4n) is 2.02. The third-order valence-corrected chi connectivity index (χ3v) is 4.08. The summed E-state index contributed by atoms with van der Waals surface area (Å²) in [6, 6.07) is -2.20. The molecule has 0 aromatic heterocycles. The standard InChI is InChI=1S/C11H19N3O6S/c1-21(19,20)5-2-7(12)11(18)14-4-3-13-10(17)8(14)6-9(15)16/h7-8H,2-6,12H2,1H3,(H,13,17)(H,15,16). The Morgan fingerprint density at radius 1 is 1.52 bits per heavy atom. The molecule has 4 N–H and O–H groups in total. The first-order valence-corrected chi connectivity index (χ1v) is 8.41. The lowest BCUT2D eigenvalue weighted by atomic mass is 10.1. The lowest BCUT2D eigenvalue weighted by Crippen LogP contribution is -2.60. The number of sulfone groups is 1. The Morgan fingerprint density at radius 2 is 2.14 bits per heavy atom. The molecule has 0 saturated carbocycles. The van der Waals surface area contributed by atoms with E-state index in [4.69, 9.17) is 10.8 Å². The second kappa shape index (κ2) is 6.85. The Bertz CT molecular complexity index is 532. The van der Waals surface area contributed by atoms with Crippen molar-refractivity contribution in [3.63, 3.8) is 0 Å². The number of piperazine rings is 1. The Morgan fingerprint density at radius 3 is 2.67 bits per heavy atom. The van der Waals surface area contributed by atoms with E-state index in [2.05, 4.69) is 5.32 Å². The van der Waals surface area contributed by atoms with Crippen LogP contribution in [-0.2, 0) is 24.2 Å². The van der Waals surface area contributed by atoms with E-state index in [1.54, 1.807) is 0 Å². The predicted octanol–water partition coefficient (Wildman–Crippen LogP) is -2.45. The largest absolute Gasteiger partial charge is 0.481 e. The Hall–Kier alpha value is -1.68. The first-order chi connectivity index (χ1) is 9.61. The highest BCUT2D eigenvalue weighted by Crippen LogP contribution is 2.12. The van der Waals surface area contributed by atoms with Gasteiger partial charge in [0.2, 0.25) is 11.8 Å². The molecule has 1 saturated heterocycles. The van der Waals surface area contributed by atoms with Crippen LogP contribution in [0.1, 0.15) is 12.8 Å². The first-order valence-electron chi connectivity index (χ1n) is 6.35. The van der Waals surface area contributed by atoms with Gasteiger partial charge in [-0.25, -0.2) is 8.42 Å². The average Bonchev–Trinajstić information content (AvgIpc) is 2.36. The van der Waals surface area contributed by atoms with Gasteiger partial charge in [0.05, 0.1) is 18.2 Å². The van der Waals surface area contributed by atoms with Gasteiger partial charge in [0.15, 0.2) is 0 Å². The monoisotopic (exact) mass is 321 g/mol. The van der Waals surface area contributed by atoms with Crippen molar-refractivity contribution in [1.29, 1.82) is 0 Å². The summed E-state index contributed by atoms with van der Waals surface area (Å²) in [5.41, 5.74) is 5.66. The number of carbonyl (C=O) groups excluding carboxylic acids is 2. The van der Waals surface area contributed by atoms with Crippen LogP contribution < -0.4 is 11.1 Å². The Kier molecular flexibility index (Phi) is 5.67. The number of nitrogens with zero attached hydrogens (tertiary/aromatic N) is 1. The molecule has 1 heterocycles. The van der Waals surface area contributed by atoms with E-state index in [9.17, 15) is 22.8 Å². The molecule has 120 valence electrons. The molecule has 0 bridgehead atoms. The van der Waals surface area contributed by atoms with Gasteiger partial charge in [-0.05, 0) is 6.42 Å². The van der Waals surface area contributed by atoms with Gasteiger partial charge in [-0.15, -0.1) is 0 Å². The van der Waals surface area contributed by atoms with E-state index in [1.165, 1.54) is 0 Å². The fourth-order valence-corrected chi connectivity index (χ4v) is 2.71. The molecular formula is C11H19N3O6S. The Labute approximate surface area is 122 Å². The molecule has 0 aliphatic carbocycles. The number of hydrogen-bond acceptors (Lipinski definition) is 6. The zero-order valence-electron chi connectivity index (χ0n) is 11.6.